The molecule has 0 N–H and O–H groups in total. The predicted molar refractivity (Wildman–Crippen MR) is 259 cm³/mol. The summed E-state index contributed by atoms with van der Waals surface area (Å²) in [5, 5.41) is 6.97. The maximum atomic E-state index is 5.50. The molecule has 294 valence electrons. The summed E-state index contributed by atoms with van der Waals surface area (Å²) < 4.78 is 7.00. The summed E-state index contributed by atoms with van der Waals surface area (Å²) in [4.78, 5) is 16.3. The van der Waals surface area contributed by atoms with Gasteiger partial charge in [0.1, 0.15) is 0 Å². The van der Waals surface area contributed by atoms with Crippen LogP contribution in [0.3, 0.4) is 0 Å². The van der Waals surface area contributed by atoms with Crippen LogP contribution in [0.25, 0.3) is 117 Å². The van der Waals surface area contributed by atoms with E-state index in [1.165, 1.54) is 16.2 Å². The third-order valence-corrected chi connectivity index (χ3v) is 12.5. The van der Waals surface area contributed by atoms with E-state index in [-0.39, 0.29) is 0 Å². The largest absolute Gasteiger partial charge is 0.309 e. The summed E-state index contributed by atoms with van der Waals surface area (Å²) in [7, 11) is 0. The first-order chi connectivity index (χ1) is 31.3. The zero-order chi connectivity index (χ0) is 41.4. The van der Waals surface area contributed by atoms with Crippen LogP contribution in [0.4, 0.5) is 0 Å². The van der Waals surface area contributed by atoms with Gasteiger partial charge in [-0.3, -0.25) is 4.57 Å². The Labute approximate surface area is 362 Å². The first kappa shape index (κ1) is 35.2. The zero-order valence-electron chi connectivity index (χ0n) is 34.0. The zero-order valence-corrected chi connectivity index (χ0v) is 34.0. The van der Waals surface area contributed by atoms with Crippen LogP contribution < -0.4 is 0 Å². The molecule has 63 heavy (non-hydrogen) atoms. The fraction of sp³-hybridized carbons (Fsp3) is 0. The highest BCUT2D eigenvalue weighted by Gasteiger charge is 2.24. The predicted octanol–water partition coefficient (Wildman–Crippen LogP) is 14.2. The van der Waals surface area contributed by atoms with Crippen LogP contribution >= 0.6 is 0 Å². The number of hydrogen-bond acceptors (Lipinski definition) is 3. The average molecular weight is 805 g/mol. The lowest BCUT2D eigenvalue weighted by Crippen LogP contribution is -2.07. The molecule has 4 aromatic heterocycles. The van der Waals surface area contributed by atoms with Crippen molar-refractivity contribution in [3.05, 3.63) is 218 Å². The standard InChI is InChI=1S/C57H36N6/c1-4-17-37(18-5-1)38-19-16-20-39(35-38)55-58-56(40-31-32-46-43-25-10-13-28-49(43)61(52(46)36-40)41-21-6-2-7-22-41)60-57(59-55)63-51-30-15-12-27-45(51)48-34-33-47-44-26-11-14-29-50(44)62(53(47)54(48)63)42-23-8-3-9-24-42/h1-36H. The van der Waals surface area contributed by atoms with Crippen molar-refractivity contribution in [1.29, 1.82) is 0 Å². The fourth-order valence-electron chi connectivity index (χ4n) is 9.71. The van der Waals surface area contributed by atoms with Crippen molar-refractivity contribution in [3.63, 3.8) is 0 Å². The maximum Gasteiger partial charge on any atom is 0.238 e. The molecule has 4 heterocycles. The Morgan fingerprint density at radius 2 is 0.683 bits per heavy atom. The minimum atomic E-state index is 0.549. The van der Waals surface area contributed by atoms with Crippen molar-refractivity contribution in [3.8, 4) is 51.2 Å². The molecule has 0 saturated carbocycles. The maximum absolute atomic E-state index is 5.50. The molecule has 0 atom stereocenters. The van der Waals surface area contributed by atoms with E-state index in [4.69, 9.17) is 15.0 Å². The molecule has 0 radical (unpaired) electrons. The molecular weight excluding hydrogens is 769 g/mol. The van der Waals surface area contributed by atoms with E-state index in [9.17, 15) is 0 Å². The monoisotopic (exact) mass is 804 g/mol. The lowest BCUT2D eigenvalue weighted by molar-refractivity contribution is 0.953. The molecule has 6 heteroatoms. The molecule has 0 aliphatic heterocycles. The summed E-state index contributed by atoms with van der Waals surface area (Å²) in [6.45, 7) is 0. The number of aromatic nitrogens is 6. The van der Waals surface area contributed by atoms with Crippen molar-refractivity contribution >= 4 is 65.4 Å². The van der Waals surface area contributed by atoms with Crippen molar-refractivity contribution < 1.29 is 0 Å². The molecule has 0 aliphatic rings. The smallest absolute Gasteiger partial charge is 0.238 e. The second kappa shape index (κ2) is 14.0. The quantitative estimate of drug-likeness (QED) is 0.168. The Morgan fingerprint density at radius 3 is 1.32 bits per heavy atom. The van der Waals surface area contributed by atoms with Crippen LogP contribution in [-0.2, 0) is 0 Å². The highest BCUT2D eigenvalue weighted by molar-refractivity contribution is 6.23. The van der Waals surface area contributed by atoms with Crippen molar-refractivity contribution in [2.75, 3.05) is 0 Å². The van der Waals surface area contributed by atoms with Gasteiger partial charge in [-0.1, -0.05) is 164 Å². The number of fused-ring (bicyclic) bond motifs is 10. The van der Waals surface area contributed by atoms with Crippen LogP contribution in [0.5, 0.6) is 0 Å². The highest BCUT2D eigenvalue weighted by atomic mass is 15.2. The Kier molecular flexibility index (Phi) is 7.80. The Balaban J connectivity index is 1.14. The average Bonchev–Trinajstić information content (AvgIpc) is 4.00. The fourth-order valence-corrected chi connectivity index (χ4v) is 9.71. The first-order valence-electron chi connectivity index (χ1n) is 21.3. The third-order valence-electron chi connectivity index (χ3n) is 12.5. The minimum Gasteiger partial charge on any atom is -0.309 e. The van der Waals surface area contributed by atoms with E-state index < -0.39 is 0 Å². The number of benzene rings is 9. The van der Waals surface area contributed by atoms with Gasteiger partial charge in [-0.25, -0.2) is 4.98 Å². The normalized spacial score (nSPS) is 11.8. The molecule has 13 aromatic rings. The van der Waals surface area contributed by atoms with Crippen molar-refractivity contribution in [2.45, 2.75) is 0 Å². The van der Waals surface area contributed by atoms with Crippen LogP contribution in [0.15, 0.2) is 218 Å². The summed E-state index contributed by atoms with van der Waals surface area (Å²) in [6, 6.07) is 77.2. The number of rotatable bonds is 6. The lowest BCUT2D eigenvalue weighted by Gasteiger charge is -2.14. The van der Waals surface area contributed by atoms with Crippen LogP contribution in [0.2, 0.25) is 0 Å². The van der Waals surface area contributed by atoms with Gasteiger partial charge in [0.05, 0.1) is 33.1 Å². The van der Waals surface area contributed by atoms with Crippen molar-refractivity contribution in [2.24, 2.45) is 0 Å². The lowest BCUT2D eigenvalue weighted by atomic mass is 10.0. The molecule has 0 bridgehead atoms. The molecular formula is C57H36N6. The molecule has 13 rings (SSSR count). The van der Waals surface area contributed by atoms with Gasteiger partial charge in [0.25, 0.3) is 0 Å². The molecule has 0 amide bonds. The van der Waals surface area contributed by atoms with E-state index in [1.807, 2.05) is 6.07 Å². The number of nitrogens with zero attached hydrogens (tertiary/aromatic N) is 6. The Hall–Kier alpha value is -8.61. The molecule has 9 aromatic carbocycles. The highest BCUT2D eigenvalue weighted by Crippen LogP contribution is 2.42. The summed E-state index contributed by atoms with van der Waals surface area (Å²) >= 11 is 0. The van der Waals surface area contributed by atoms with Gasteiger partial charge in [-0.15, -0.1) is 0 Å². The van der Waals surface area contributed by atoms with Gasteiger partial charge in [0, 0.05) is 54.8 Å². The molecule has 0 saturated heterocycles. The van der Waals surface area contributed by atoms with E-state index in [0.717, 1.165) is 82.9 Å². The number of hydrogen-bond donors (Lipinski definition) is 0. The Bertz CT molecular complexity index is 3900. The van der Waals surface area contributed by atoms with E-state index >= 15 is 0 Å². The van der Waals surface area contributed by atoms with E-state index in [0.29, 0.717) is 17.6 Å². The third kappa shape index (κ3) is 5.48. The van der Waals surface area contributed by atoms with Gasteiger partial charge < -0.3 is 9.13 Å². The van der Waals surface area contributed by atoms with Gasteiger partial charge in [-0.05, 0) is 65.7 Å². The topological polar surface area (TPSA) is 53.5 Å². The SMILES string of the molecule is c1ccc(-c2cccc(-c3nc(-c4ccc5c6ccccc6n(-c6ccccc6)c5c4)nc(-n4c5ccccc5c5ccc6c7ccccc7n(-c7ccccc7)c6c54)n3)c2)cc1. The molecule has 6 nitrogen and oxygen atoms in total. The van der Waals surface area contributed by atoms with Gasteiger partial charge in [-0.2, -0.15) is 9.97 Å². The molecule has 0 aliphatic carbocycles. The second-order valence-electron chi connectivity index (χ2n) is 16.0. The first-order valence-corrected chi connectivity index (χ1v) is 21.3. The molecule has 0 spiro atoms. The van der Waals surface area contributed by atoms with Crippen LogP contribution in [0, 0.1) is 0 Å². The molecule has 0 unspecified atom stereocenters. The second-order valence-corrected chi connectivity index (χ2v) is 16.0. The van der Waals surface area contributed by atoms with Crippen LogP contribution in [0.1, 0.15) is 0 Å². The number of para-hydroxylation sites is 5. The summed E-state index contributed by atoms with van der Waals surface area (Å²) in [5.74, 6) is 1.74. The van der Waals surface area contributed by atoms with Gasteiger partial charge in [0.15, 0.2) is 11.6 Å². The van der Waals surface area contributed by atoms with E-state index in [2.05, 4.69) is 226 Å². The minimum absolute atomic E-state index is 0.549. The summed E-state index contributed by atoms with van der Waals surface area (Å²) in [5.41, 5.74) is 12.7. The molecule has 0 fully saturated rings. The van der Waals surface area contributed by atoms with Gasteiger partial charge >= 0.3 is 0 Å². The van der Waals surface area contributed by atoms with Gasteiger partial charge in [0.2, 0.25) is 5.95 Å². The van der Waals surface area contributed by atoms with E-state index in [1.54, 1.807) is 0 Å². The Morgan fingerprint density at radius 1 is 0.254 bits per heavy atom. The van der Waals surface area contributed by atoms with Crippen molar-refractivity contribution in [1.82, 2.24) is 28.7 Å². The summed E-state index contributed by atoms with van der Waals surface area (Å²) in [6.07, 6.45) is 0. The van der Waals surface area contributed by atoms with Crippen LogP contribution in [-0.4, -0.2) is 28.7 Å².